The highest BCUT2D eigenvalue weighted by atomic mass is 16.5. The Morgan fingerprint density at radius 2 is 2.46 bits per heavy atom. The van der Waals surface area contributed by atoms with Gasteiger partial charge in [-0.2, -0.15) is 0 Å². The molecule has 2 aliphatic rings. The first-order chi connectivity index (χ1) is 6.22. The van der Waals surface area contributed by atoms with E-state index in [1.165, 1.54) is 32.1 Å². The summed E-state index contributed by atoms with van der Waals surface area (Å²) in [5, 5.41) is 0. The average molecular weight is 180 g/mol. The van der Waals surface area contributed by atoms with Crippen molar-refractivity contribution in [2.45, 2.75) is 51.6 Å². The van der Waals surface area contributed by atoms with Crippen molar-refractivity contribution in [3.05, 3.63) is 11.6 Å². The highest BCUT2D eigenvalue weighted by Gasteiger charge is 2.33. The van der Waals surface area contributed by atoms with Crippen molar-refractivity contribution in [1.82, 2.24) is 0 Å². The van der Waals surface area contributed by atoms with Gasteiger partial charge < -0.3 is 4.74 Å². The molecular formula is C12H20O. The molecule has 2 aliphatic carbocycles. The van der Waals surface area contributed by atoms with Crippen LogP contribution < -0.4 is 0 Å². The van der Waals surface area contributed by atoms with Gasteiger partial charge in [0.2, 0.25) is 0 Å². The standard InChI is InChI=1S/C12H20O/c1-3-13-12(2)8-10-5-4-6-11(7-10)9-12/h8,11H,3-7,9H2,1-2H3. The fourth-order valence-corrected chi connectivity index (χ4v) is 2.99. The molecule has 2 bridgehead atoms. The van der Waals surface area contributed by atoms with Crippen molar-refractivity contribution >= 4 is 0 Å². The summed E-state index contributed by atoms with van der Waals surface area (Å²) in [6.07, 6.45) is 9.12. The van der Waals surface area contributed by atoms with Gasteiger partial charge in [0.15, 0.2) is 0 Å². The van der Waals surface area contributed by atoms with Gasteiger partial charge in [0, 0.05) is 6.61 Å². The molecule has 0 aromatic heterocycles. The first-order valence-electron chi connectivity index (χ1n) is 5.56. The lowest BCUT2D eigenvalue weighted by Crippen LogP contribution is -2.34. The van der Waals surface area contributed by atoms with Crippen LogP contribution in [0.25, 0.3) is 0 Å². The van der Waals surface area contributed by atoms with Crippen LogP contribution in [0.4, 0.5) is 0 Å². The predicted octanol–water partition coefficient (Wildman–Crippen LogP) is 3.30. The second-order valence-electron chi connectivity index (χ2n) is 4.71. The first kappa shape index (κ1) is 9.26. The molecule has 1 heteroatoms. The van der Waals surface area contributed by atoms with Crippen LogP contribution in [-0.2, 0) is 4.74 Å². The van der Waals surface area contributed by atoms with Crippen molar-refractivity contribution in [3.8, 4) is 0 Å². The molecular weight excluding hydrogens is 160 g/mol. The lowest BCUT2D eigenvalue weighted by Gasteiger charge is -2.39. The van der Waals surface area contributed by atoms with E-state index in [1.54, 1.807) is 5.57 Å². The Morgan fingerprint density at radius 1 is 1.62 bits per heavy atom. The van der Waals surface area contributed by atoms with Gasteiger partial charge in [-0.25, -0.2) is 0 Å². The monoisotopic (exact) mass is 180 g/mol. The summed E-state index contributed by atoms with van der Waals surface area (Å²) >= 11 is 0. The lowest BCUT2D eigenvalue weighted by atomic mass is 9.73. The molecule has 0 radical (unpaired) electrons. The maximum Gasteiger partial charge on any atom is 0.0839 e. The third-order valence-electron chi connectivity index (χ3n) is 3.34. The normalized spacial score (nSPS) is 38.6. The molecule has 1 fully saturated rings. The SMILES string of the molecule is CCOC1(C)C=C2CCCC(C2)C1. The van der Waals surface area contributed by atoms with Crippen LogP contribution in [0.5, 0.6) is 0 Å². The topological polar surface area (TPSA) is 9.23 Å². The molecule has 2 rings (SSSR count). The first-order valence-corrected chi connectivity index (χ1v) is 5.56. The Kier molecular flexibility index (Phi) is 2.46. The van der Waals surface area contributed by atoms with Gasteiger partial charge in [0.25, 0.3) is 0 Å². The van der Waals surface area contributed by atoms with Gasteiger partial charge in [0.05, 0.1) is 5.60 Å². The number of hydrogen-bond acceptors (Lipinski definition) is 1. The van der Waals surface area contributed by atoms with E-state index in [0.29, 0.717) is 0 Å². The predicted molar refractivity (Wildman–Crippen MR) is 54.7 cm³/mol. The minimum Gasteiger partial charge on any atom is -0.371 e. The van der Waals surface area contributed by atoms with Crippen LogP contribution in [-0.4, -0.2) is 12.2 Å². The molecule has 0 aromatic carbocycles. The molecule has 13 heavy (non-hydrogen) atoms. The Bertz CT molecular complexity index is 219. The Labute approximate surface area is 81.2 Å². The minimum absolute atomic E-state index is 0.0629. The molecule has 0 aliphatic heterocycles. The van der Waals surface area contributed by atoms with Gasteiger partial charge in [-0.3, -0.25) is 0 Å². The van der Waals surface area contributed by atoms with Crippen LogP contribution >= 0.6 is 0 Å². The molecule has 74 valence electrons. The number of ether oxygens (including phenoxy) is 1. The molecule has 0 spiro atoms. The average Bonchev–Trinajstić information content (AvgIpc) is 2.02. The maximum atomic E-state index is 5.83. The van der Waals surface area contributed by atoms with Gasteiger partial charge in [0.1, 0.15) is 0 Å². The Morgan fingerprint density at radius 3 is 3.15 bits per heavy atom. The van der Waals surface area contributed by atoms with Crippen molar-refractivity contribution < 1.29 is 4.74 Å². The van der Waals surface area contributed by atoms with Crippen LogP contribution in [0, 0.1) is 5.92 Å². The number of rotatable bonds is 2. The summed E-state index contributed by atoms with van der Waals surface area (Å²) in [7, 11) is 0. The third kappa shape index (κ3) is 1.96. The minimum atomic E-state index is 0.0629. The highest BCUT2D eigenvalue weighted by Crippen LogP contribution is 2.41. The lowest BCUT2D eigenvalue weighted by molar-refractivity contribution is -0.0138. The van der Waals surface area contributed by atoms with Crippen LogP contribution in [0.15, 0.2) is 11.6 Å². The van der Waals surface area contributed by atoms with Crippen molar-refractivity contribution in [2.24, 2.45) is 5.92 Å². The number of allylic oxidation sites excluding steroid dienone is 1. The van der Waals surface area contributed by atoms with Crippen molar-refractivity contribution in [1.29, 1.82) is 0 Å². The zero-order valence-electron chi connectivity index (χ0n) is 8.81. The fraction of sp³-hybridized carbons (Fsp3) is 0.833. The molecule has 1 nitrogen and oxygen atoms in total. The third-order valence-corrected chi connectivity index (χ3v) is 3.34. The Hall–Kier alpha value is -0.300. The smallest absolute Gasteiger partial charge is 0.0839 e. The Balaban J connectivity index is 2.14. The van der Waals surface area contributed by atoms with E-state index in [9.17, 15) is 0 Å². The van der Waals surface area contributed by atoms with Crippen LogP contribution in [0.1, 0.15) is 46.0 Å². The molecule has 0 heterocycles. The van der Waals surface area contributed by atoms with E-state index in [-0.39, 0.29) is 5.60 Å². The van der Waals surface area contributed by atoms with E-state index >= 15 is 0 Å². The van der Waals surface area contributed by atoms with Crippen molar-refractivity contribution in [2.75, 3.05) is 6.61 Å². The maximum absolute atomic E-state index is 5.83. The van der Waals surface area contributed by atoms with Crippen LogP contribution in [0.3, 0.4) is 0 Å². The van der Waals surface area contributed by atoms with E-state index < -0.39 is 0 Å². The quantitative estimate of drug-likeness (QED) is 0.592. The molecule has 0 aromatic rings. The summed E-state index contributed by atoms with van der Waals surface area (Å²) in [5.41, 5.74) is 1.71. The number of fused-ring (bicyclic) bond motifs is 2. The number of hydrogen-bond donors (Lipinski definition) is 0. The summed E-state index contributed by atoms with van der Waals surface area (Å²) in [6, 6.07) is 0. The second-order valence-corrected chi connectivity index (χ2v) is 4.71. The summed E-state index contributed by atoms with van der Waals surface area (Å²) in [5.74, 6) is 0.908. The van der Waals surface area contributed by atoms with E-state index in [0.717, 1.165) is 12.5 Å². The van der Waals surface area contributed by atoms with Gasteiger partial charge in [-0.1, -0.05) is 11.6 Å². The van der Waals surface area contributed by atoms with Gasteiger partial charge in [-0.05, 0) is 51.9 Å². The molecule has 0 saturated heterocycles. The van der Waals surface area contributed by atoms with E-state index in [4.69, 9.17) is 4.74 Å². The van der Waals surface area contributed by atoms with Crippen LogP contribution in [0.2, 0.25) is 0 Å². The van der Waals surface area contributed by atoms with E-state index in [2.05, 4.69) is 19.9 Å². The molecule has 1 saturated carbocycles. The van der Waals surface area contributed by atoms with Gasteiger partial charge in [-0.15, -0.1) is 0 Å². The summed E-state index contributed by atoms with van der Waals surface area (Å²) in [4.78, 5) is 0. The van der Waals surface area contributed by atoms with Crippen molar-refractivity contribution in [3.63, 3.8) is 0 Å². The highest BCUT2D eigenvalue weighted by molar-refractivity contribution is 5.18. The summed E-state index contributed by atoms with van der Waals surface area (Å²) in [6.45, 7) is 5.18. The van der Waals surface area contributed by atoms with E-state index in [1.807, 2.05) is 0 Å². The summed E-state index contributed by atoms with van der Waals surface area (Å²) < 4.78 is 5.83. The fourth-order valence-electron chi connectivity index (χ4n) is 2.99. The molecule has 2 unspecified atom stereocenters. The largest absolute Gasteiger partial charge is 0.371 e. The molecule has 2 atom stereocenters. The zero-order chi connectivity index (χ0) is 9.31. The van der Waals surface area contributed by atoms with Gasteiger partial charge >= 0.3 is 0 Å². The molecule has 0 N–H and O–H groups in total. The second kappa shape index (κ2) is 3.45. The zero-order valence-corrected chi connectivity index (χ0v) is 8.81. The molecule has 0 amide bonds.